The van der Waals surface area contributed by atoms with Crippen LogP contribution in [0.15, 0.2) is 0 Å². The Kier molecular flexibility index (Phi) is 2.66. The third-order valence-electron chi connectivity index (χ3n) is 2.02. The topological polar surface area (TPSA) is 9.23 Å². The van der Waals surface area contributed by atoms with Crippen molar-refractivity contribution in [3.05, 3.63) is 6.17 Å². The van der Waals surface area contributed by atoms with E-state index in [2.05, 4.69) is 13.8 Å². The van der Waals surface area contributed by atoms with Gasteiger partial charge in [0.2, 0.25) is 0 Å². The van der Waals surface area contributed by atoms with Crippen LogP contribution >= 0.6 is 0 Å². The Bertz CT molecular complexity index is 103. The minimum absolute atomic E-state index is 0.00458. The molecule has 0 aromatic carbocycles. The predicted octanol–water partition coefficient (Wildman–Crippen LogP) is 2.18. The van der Waals surface area contributed by atoms with Gasteiger partial charge in [0.1, 0.15) is 0 Å². The van der Waals surface area contributed by atoms with Crippen molar-refractivity contribution in [1.82, 2.24) is 0 Å². The third-order valence-corrected chi connectivity index (χ3v) is 2.02. The van der Waals surface area contributed by atoms with Crippen LogP contribution in [0.25, 0.3) is 0 Å². The smallest absolute Gasteiger partial charge is 0.170 e. The summed E-state index contributed by atoms with van der Waals surface area (Å²) in [5.74, 6) is 0.930. The normalized spacial score (nSPS) is 29.4. The van der Waals surface area contributed by atoms with Crippen molar-refractivity contribution in [3.63, 3.8) is 0 Å². The van der Waals surface area contributed by atoms with E-state index in [9.17, 15) is 4.39 Å². The molecule has 0 saturated carbocycles. The van der Waals surface area contributed by atoms with Crippen LogP contribution in [0.2, 0.25) is 0 Å². The Balaban J connectivity index is 2.32. The Morgan fingerprint density at radius 2 is 2.30 bits per heavy atom. The standard InChI is InChI=1S/C8H14FO/c1-6(2)7-3-8(9)5-10-4-7/h6-7H,3-5H2,1-2H3. The van der Waals surface area contributed by atoms with E-state index >= 15 is 0 Å². The van der Waals surface area contributed by atoms with Crippen LogP contribution in [0.1, 0.15) is 20.3 Å². The highest BCUT2D eigenvalue weighted by molar-refractivity contribution is 4.84. The van der Waals surface area contributed by atoms with E-state index in [0.717, 1.165) is 6.61 Å². The maximum Gasteiger partial charge on any atom is 0.170 e. The van der Waals surface area contributed by atoms with E-state index in [-0.39, 0.29) is 12.8 Å². The van der Waals surface area contributed by atoms with E-state index < -0.39 is 0 Å². The fourth-order valence-corrected chi connectivity index (χ4v) is 1.15. The third kappa shape index (κ3) is 1.94. The van der Waals surface area contributed by atoms with Gasteiger partial charge in [-0.2, -0.15) is 0 Å². The molecule has 1 atom stereocenters. The second kappa shape index (κ2) is 3.33. The van der Waals surface area contributed by atoms with Crippen molar-refractivity contribution in [2.45, 2.75) is 20.3 Å². The minimum Gasteiger partial charge on any atom is -0.378 e. The monoisotopic (exact) mass is 145 g/mol. The van der Waals surface area contributed by atoms with Crippen LogP contribution < -0.4 is 0 Å². The zero-order valence-corrected chi connectivity index (χ0v) is 6.56. The molecular weight excluding hydrogens is 131 g/mol. The van der Waals surface area contributed by atoms with Gasteiger partial charge in [0.15, 0.2) is 6.17 Å². The lowest BCUT2D eigenvalue weighted by Crippen LogP contribution is -2.25. The van der Waals surface area contributed by atoms with Gasteiger partial charge in [-0.15, -0.1) is 0 Å². The van der Waals surface area contributed by atoms with Gasteiger partial charge < -0.3 is 4.74 Å². The zero-order chi connectivity index (χ0) is 7.56. The Morgan fingerprint density at radius 1 is 1.60 bits per heavy atom. The fraction of sp³-hybridized carbons (Fsp3) is 0.875. The number of hydrogen-bond acceptors (Lipinski definition) is 1. The first-order valence-electron chi connectivity index (χ1n) is 3.78. The highest BCUT2D eigenvalue weighted by Gasteiger charge is 2.24. The van der Waals surface area contributed by atoms with Crippen molar-refractivity contribution in [2.75, 3.05) is 13.2 Å². The summed E-state index contributed by atoms with van der Waals surface area (Å²) in [6.07, 6.45) is 0.613. The molecule has 0 aromatic rings. The van der Waals surface area contributed by atoms with Gasteiger partial charge in [-0.3, -0.25) is 0 Å². The van der Waals surface area contributed by atoms with E-state index in [4.69, 9.17) is 4.74 Å². The van der Waals surface area contributed by atoms with Crippen LogP contribution in [-0.2, 0) is 4.74 Å². The largest absolute Gasteiger partial charge is 0.378 e. The van der Waals surface area contributed by atoms with Crippen molar-refractivity contribution < 1.29 is 9.13 Å². The lowest BCUT2D eigenvalue weighted by Gasteiger charge is -2.26. The zero-order valence-electron chi connectivity index (χ0n) is 6.56. The molecule has 2 heteroatoms. The van der Waals surface area contributed by atoms with Gasteiger partial charge >= 0.3 is 0 Å². The molecule has 1 fully saturated rings. The van der Waals surface area contributed by atoms with Crippen LogP contribution in [0.4, 0.5) is 4.39 Å². The molecule has 1 radical (unpaired) electrons. The molecule has 1 heterocycles. The van der Waals surface area contributed by atoms with Crippen molar-refractivity contribution in [3.8, 4) is 0 Å². The van der Waals surface area contributed by atoms with Crippen LogP contribution in [0, 0.1) is 18.0 Å². The molecule has 1 saturated heterocycles. The van der Waals surface area contributed by atoms with E-state index in [1.165, 1.54) is 0 Å². The van der Waals surface area contributed by atoms with Crippen molar-refractivity contribution >= 4 is 0 Å². The summed E-state index contributed by atoms with van der Waals surface area (Å²) in [6, 6.07) is 0. The van der Waals surface area contributed by atoms with Gasteiger partial charge in [-0.25, -0.2) is 4.39 Å². The summed E-state index contributed by atoms with van der Waals surface area (Å²) >= 11 is 0. The van der Waals surface area contributed by atoms with Gasteiger partial charge in [0, 0.05) is 6.61 Å². The molecule has 1 rings (SSSR count). The first kappa shape index (κ1) is 7.99. The van der Waals surface area contributed by atoms with Gasteiger partial charge in [0.25, 0.3) is 0 Å². The molecule has 1 unspecified atom stereocenters. The number of rotatable bonds is 1. The van der Waals surface area contributed by atoms with E-state index in [1.807, 2.05) is 0 Å². The lowest BCUT2D eigenvalue weighted by molar-refractivity contribution is 0.0266. The molecule has 59 valence electrons. The summed E-state index contributed by atoms with van der Waals surface area (Å²) in [5, 5.41) is 0. The van der Waals surface area contributed by atoms with Crippen LogP contribution in [0.3, 0.4) is 0 Å². The fourth-order valence-electron chi connectivity index (χ4n) is 1.15. The number of ether oxygens (including phenoxy) is 1. The SMILES string of the molecule is CC(C)C1COC[C](F)C1. The molecule has 0 bridgehead atoms. The highest BCUT2D eigenvalue weighted by atomic mass is 19.1. The second-order valence-corrected chi connectivity index (χ2v) is 3.24. The maximum absolute atomic E-state index is 12.6. The summed E-state index contributed by atoms with van der Waals surface area (Å²) in [7, 11) is 0. The molecule has 10 heavy (non-hydrogen) atoms. The average molecular weight is 145 g/mol. The molecule has 0 amide bonds. The van der Waals surface area contributed by atoms with E-state index in [1.54, 1.807) is 0 Å². The number of halogens is 1. The Labute approximate surface area is 61.6 Å². The maximum atomic E-state index is 12.6. The molecular formula is C8H14FO. The average Bonchev–Trinajstić information content (AvgIpc) is 1.88. The van der Waals surface area contributed by atoms with Gasteiger partial charge in [-0.05, 0) is 18.3 Å². The van der Waals surface area contributed by atoms with Crippen LogP contribution in [0.5, 0.6) is 0 Å². The lowest BCUT2D eigenvalue weighted by atomic mass is 9.90. The quantitative estimate of drug-likeness (QED) is 0.549. The molecule has 1 nitrogen and oxygen atoms in total. The molecule has 0 spiro atoms. The summed E-state index contributed by atoms with van der Waals surface area (Å²) in [6.45, 7) is 5.16. The molecule has 0 aromatic heterocycles. The Hall–Kier alpha value is -0.110. The summed E-state index contributed by atoms with van der Waals surface area (Å²) < 4.78 is 17.6. The molecule has 1 aliphatic rings. The summed E-state index contributed by atoms with van der Waals surface area (Å²) in [4.78, 5) is 0. The Morgan fingerprint density at radius 3 is 2.70 bits per heavy atom. The minimum atomic E-state index is 0.00458. The summed E-state index contributed by atoms with van der Waals surface area (Å²) in [5.41, 5.74) is 0. The predicted molar refractivity (Wildman–Crippen MR) is 38.1 cm³/mol. The van der Waals surface area contributed by atoms with Gasteiger partial charge in [0.05, 0.1) is 6.61 Å². The van der Waals surface area contributed by atoms with Gasteiger partial charge in [-0.1, -0.05) is 13.8 Å². The molecule has 0 N–H and O–H groups in total. The second-order valence-electron chi connectivity index (χ2n) is 3.24. The first-order valence-corrected chi connectivity index (χ1v) is 3.78. The number of hydrogen-bond donors (Lipinski definition) is 0. The van der Waals surface area contributed by atoms with Crippen LogP contribution in [-0.4, -0.2) is 13.2 Å². The van der Waals surface area contributed by atoms with E-state index in [0.29, 0.717) is 18.3 Å². The van der Waals surface area contributed by atoms with Crippen molar-refractivity contribution in [2.24, 2.45) is 11.8 Å². The molecule has 0 aliphatic carbocycles. The van der Waals surface area contributed by atoms with Crippen molar-refractivity contribution in [1.29, 1.82) is 0 Å². The first-order chi connectivity index (χ1) is 4.70. The molecule has 1 aliphatic heterocycles. The highest BCUT2D eigenvalue weighted by Crippen LogP contribution is 2.27.